The number of rotatable bonds is 6. The minimum Gasteiger partial charge on any atom is -0.371 e. The zero-order chi connectivity index (χ0) is 15.1. The van der Waals surface area contributed by atoms with E-state index in [1.807, 2.05) is 30.3 Å². The third kappa shape index (κ3) is 4.02. The number of carbonyl (C=O) groups excluding carboxylic acids is 1. The largest absolute Gasteiger partial charge is 0.371 e. The second-order valence-electron chi connectivity index (χ2n) is 4.62. The van der Waals surface area contributed by atoms with Crippen LogP contribution in [-0.2, 0) is 6.42 Å². The van der Waals surface area contributed by atoms with Gasteiger partial charge in [-0.1, -0.05) is 30.3 Å². The molecule has 1 amide bonds. The zero-order valence-corrected chi connectivity index (χ0v) is 11.9. The maximum Gasteiger partial charge on any atom is 0.254 e. The minimum atomic E-state index is -0.624. The van der Waals surface area contributed by atoms with Gasteiger partial charge in [0.2, 0.25) is 0 Å². The highest BCUT2D eigenvalue weighted by Gasteiger charge is 2.14. The molecule has 2 aromatic rings. The molecule has 0 unspecified atom stereocenters. The molecule has 21 heavy (non-hydrogen) atoms. The van der Waals surface area contributed by atoms with Gasteiger partial charge in [-0.15, -0.1) is 0 Å². The Kier molecular flexibility index (Phi) is 5.26. The normalized spacial score (nSPS) is 10.2. The summed E-state index contributed by atoms with van der Waals surface area (Å²) in [5.41, 5.74) is 1.23. The van der Waals surface area contributed by atoms with E-state index < -0.39 is 11.7 Å². The third-order valence-electron chi connectivity index (χ3n) is 3.14. The molecule has 2 rings (SSSR count). The Balaban J connectivity index is 1.85. The van der Waals surface area contributed by atoms with Crippen LogP contribution in [0.15, 0.2) is 42.6 Å². The maximum atomic E-state index is 13.9. The molecule has 0 bridgehead atoms. The number of nitrogens with zero attached hydrogens (tertiary/aromatic N) is 1. The van der Waals surface area contributed by atoms with Gasteiger partial charge in [0.05, 0.1) is 5.56 Å². The molecule has 0 aliphatic heterocycles. The van der Waals surface area contributed by atoms with Crippen LogP contribution in [-0.4, -0.2) is 24.5 Å². The summed E-state index contributed by atoms with van der Waals surface area (Å²) in [5, 5.41) is 5.34. The van der Waals surface area contributed by atoms with Gasteiger partial charge in [0.25, 0.3) is 5.91 Å². The lowest BCUT2D eigenvalue weighted by molar-refractivity contribution is 0.0949. The monoisotopic (exact) mass is 287 g/mol. The molecule has 1 aromatic heterocycles. The molecule has 0 radical (unpaired) electrons. The van der Waals surface area contributed by atoms with Gasteiger partial charge < -0.3 is 10.6 Å². The molecular formula is C16H18FN3O. The molecule has 0 saturated heterocycles. The molecule has 0 atom stereocenters. The van der Waals surface area contributed by atoms with Crippen molar-refractivity contribution >= 4 is 11.7 Å². The van der Waals surface area contributed by atoms with Gasteiger partial charge in [-0.3, -0.25) is 4.79 Å². The van der Waals surface area contributed by atoms with Crippen LogP contribution in [0.25, 0.3) is 0 Å². The van der Waals surface area contributed by atoms with Crippen LogP contribution in [0.4, 0.5) is 10.2 Å². The Bertz CT molecular complexity index is 602. The first-order chi connectivity index (χ1) is 10.2. The maximum absolute atomic E-state index is 13.9. The Labute approximate surface area is 123 Å². The van der Waals surface area contributed by atoms with E-state index in [1.165, 1.54) is 17.8 Å². The summed E-state index contributed by atoms with van der Waals surface area (Å²) in [7, 11) is 1.56. The molecule has 0 spiro atoms. The molecule has 0 aliphatic carbocycles. The predicted octanol–water partition coefficient (Wildman–Crippen LogP) is 2.63. The number of hydrogen-bond donors (Lipinski definition) is 2. The van der Waals surface area contributed by atoms with E-state index in [-0.39, 0.29) is 11.4 Å². The molecule has 5 heteroatoms. The van der Waals surface area contributed by atoms with Crippen LogP contribution >= 0.6 is 0 Å². The molecule has 110 valence electrons. The van der Waals surface area contributed by atoms with Gasteiger partial charge in [0, 0.05) is 19.8 Å². The number of anilines is 1. The van der Waals surface area contributed by atoms with Gasteiger partial charge in [-0.25, -0.2) is 9.37 Å². The summed E-state index contributed by atoms with van der Waals surface area (Å²) in [5.74, 6) is -0.966. The minimum absolute atomic E-state index is 0.00839. The molecule has 1 heterocycles. The summed E-state index contributed by atoms with van der Waals surface area (Å²) in [6.45, 7) is 0.504. The van der Waals surface area contributed by atoms with E-state index in [2.05, 4.69) is 15.6 Å². The average molecular weight is 287 g/mol. The van der Waals surface area contributed by atoms with E-state index in [1.54, 1.807) is 7.05 Å². The lowest BCUT2D eigenvalue weighted by Gasteiger charge is -2.08. The van der Waals surface area contributed by atoms with Crippen molar-refractivity contribution in [3.8, 4) is 0 Å². The number of halogens is 1. The predicted molar refractivity (Wildman–Crippen MR) is 80.8 cm³/mol. The number of nitrogens with one attached hydrogen (secondary N) is 2. The highest BCUT2D eigenvalue weighted by Crippen LogP contribution is 2.14. The van der Waals surface area contributed by atoms with Crippen molar-refractivity contribution in [2.45, 2.75) is 12.8 Å². The molecule has 1 aromatic carbocycles. The van der Waals surface area contributed by atoms with Crippen LogP contribution in [0.2, 0.25) is 0 Å². The summed E-state index contributed by atoms with van der Waals surface area (Å²) < 4.78 is 13.9. The standard InChI is InChI=1S/C16H18FN3O/c1-18-15-14(17)13(9-11-19-15)16(21)20-10-5-8-12-6-3-2-4-7-12/h2-4,6-7,9,11H,5,8,10H2,1H3,(H,18,19)(H,20,21). The van der Waals surface area contributed by atoms with Crippen molar-refractivity contribution in [2.24, 2.45) is 0 Å². The smallest absolute Gasteiger partial charge is 0.254 e. The Hall–Kier alpha value is -2.43. The van der Waals surface area contributed by atoms with Crippen LogP contribution in [0, 0.1) is 5.82 Å². The highest BCUT2D eigenvalue weighted by molar-refractivity contribution is 5.95. The fourth-order valence-electron chi connectivity index (χ4n) is 2.03. The molecule has 0 fully saturated rings. The highest BCUT2D eigenvalue weighted by atomic mass is 19.1. The number of carbonyl (C=O) groups is 1. The lowest BCUT2D eigenvalue weighted by atomic mass is 10.1. The zero-order valence-electron chi connectivity index (χ0n) is 11.9. The number of benzene rings is 1. The summed E-state index contributed by atoms with van der Waals surface area (Å²) >= 11 is 0. The van der Waals surface area contributed by atoms with Gasteiger partial charge in [-0.2, -0.15) is 0 Å². The first-order valence-electron chi connectivity index (χ1n) is 6.86. The quantitative estimate of drug-likeness (QED) is 0.803. The van der Waals surface area contributed by atoms with Crippen LogP contribution in [0.3, 0.4) is 0 Å². The SMILES string of the molecule is CNc1nccc(C(=O)NCCCc2ccccc2)c1F. The Morgan fingerprint density at radius 1 is 1.24 bits per heavy atom. The Morgan fingerprint density at radius 3 is 2.71 bits per heavy atom. The van der Waals surface area contributed by atoms with Crippen molar-refractivity contribution in [1.29, 1.82) is 0 Å². The fraction of sp³-hybridized carbons (Fsp3) is 0.250. The second kappa shape index (κ2) is 7.38. The molecule has 2 N–H and O–H groups in total. The average Bonchev–Trinajstić information content (AvgIpc) is 2.52. The van der Waals surface area contributed by atoms with E-state index >= 15 is 0 Å². The van der Waals surface area contributed by atoms with E-state index in [9.17, 15) is 9.18 Å². The second-order valence-corrected chi connectivity index (χ2v) is 4.62. The number of pyridine rings is 1. The van der Waals surface area contributed by atoms with E-state index in [0.717, 1.165) is 12.8 Å². The summed E-state index contributed by atoms with van der Waals surface area (Å²) in [6.07, 6.45) is 3.09. The number of hydrogen-bond acceptors (Lipinski definition) is 3. The number of aromatic nitrogens is 1. The lowest BCUT2D eigenvalue weighted by Crippen LogP contribution is -2.26. The summed E-state index contributed by atoms with van der Waals surface area (Å²) in [4.78, 5) is 15.7. The number of amides is 1. The summed E-state index contributed by atoms with van der Waals surface area (Å²) in [6, 6.07) is 11.4. The molecule has 0 saturated carbocycles. The van der Waals surface area contributed by atoms with Crippen molar-refractivity contribution in [1.82, 2.24) is 10.3 Å². The third-order valence-corrected chi connectivity index (χ3v) is 3.14. The van der Waals surface area contributed by atoms with E-state index in [0.29, 0.717) is 6.54 Å². The van der Waals surface area contributed by atoms with Gasteiger partial charge >= 0.3 is 0 Å². The van der Waals surface area contributed by atoms with Crippen LogP contribution in [0.5, 0.6) is 0 Å². The fourth-order valence-corrected chi connectivity index (χ4v) is 2.03. The molecule has 4 nitrogen and oxygen atoms in total. The van der Waals surface area contributed by atoms with Gasteiger partial charge in [-0.05, 0) is 24.5 Å². The van der Waals surface area contributed by atoms with E-state index in [4.69, 9.17) is 0 Å². The van der Waals surface area contributed by atoms with Gasteiger partial charge in [0.1, 0.15) is 0 Å². The Morgan fingerprint density at radius 2 is 2.00 bits per heavy atom. The van der Waals surface area contributed by atoms with Crippen LogP contribution < -0.4 is 10.6 Å². The topological polar surface area (TPSA) is 54.0 Å². The molecule has 0 aliphatic rings. The van der Waals surface area contributed by atoms with Crippen molar-refractivity contribution in [3.05, 3.63) is 59.5 Å². The first kappa shape index (κ1) is 15.0. The van der Waals surface area contributed by atoms with Crippen molar-refractivity contribution in [2.75, 3.05) is 18.9 Å². The van der Waals surface area contributed by atoms with Crippen molar-refractivity contribution < 1.29 is 9.18 Å². The van der Waals surface area contributed by atoms with Crippen LogP contribution in [0.1, 0.15) is 22.3 Å². The van der Waals surface area contributed by atoms with Gasteiger partial charge in [0.15, 0.2) is 11.6 Å². The first-order valence-corrected chi connectivity index (χ1v) is 6.86. The van der Waals surface area contributed by atoms with Crippen molar-refractivity contribution in [3.63, 3.8) is 0 Å². The number of aryl methyl sites for hydroxylation is 1. The molecular weight excluding hydrogens is 269 g/mol.